The van der Waals surface area contributed by atoms with Crippen LogP contribution in [0.2, 0.25) is 0 Å². The number of carbonyl (C=O) groups excluding carboxylic acids is 3. The number of benzene rings is 4. The van der Waals surface area contributed by atoms with E-state index in [0.29, 0.717) is 53.7 Å². The first kappa shape index (κ1) is 37.2. The molecule has 0 radical (unpaired) electrons. The number of imidazole rings is 1. The maximum atomic E-state index is 14.4. The van der Waals surface area contributed by atoms with E-state index in [-0.39, 0.29) is 43.4 Å². The van der Waals surface area contributed by atoms with Gasteiger partial charge < -0.3 is 30.0 Å². The molecule has 13 heteroatoms. The van der Waals surface area contributed by atoms with E-state index in [4.69, 9.17) is 14.5 Å². The number of ether oxygens (including phenoxy) is 2. The number of para-hydroxylation sites is 1. The summed E-state index contributed by atoms with van der Waals surface area (Å²) in [4.78, 5) is 51.4. The summed E-state index contributed by atoms with van der Waals surface area (Å²) in [6, 6.07) is 27.2. The Kier molecular flexibility index (Phi) is 10.5. The second-order valence-electron chi connectivity index (χ2n) is 14.8. The highest BCUT2D eigenvalue weighted by Gasteiger charge is 2.37. The van der Waals surface area contributed by atoms with Gasteiger partial charge in [0.25, 0.3) is 5.91 Å². The number of aromatic amines is 1. The van der Waals surface area contributed by atoms with Crippen molar-refractivity contribution in [3.63, 3.8) is 0 Å². The first-order valence-electron chi connectivity index (χ1n) is 19.2. The molecule has 6 aromatic rings. The van der Waals surface area contributed by atoms with Gasteiger partial charge in [0.05, 0.1) is 30.7 Å². The van der Waals surface area contributed by atoms with Crippen molar-refractivity contribution >= 4 is 23.4 Å². The highest BCUT2D eigenvalue weighted by Crippen LogP contribution is 2.36. The first-order chi connectivity index (χ1) is 27.7. The smallest absolute Gasteiger partial charge is 0.255 e. The van der Waals surface area contributed by atoms with Crippen LogP contribution in [-0.4, -0.2) is 60.9 Å². The second kappa shape index (κ2) is 16.1. The summed E-state index contributed by atoms with van der Waals surface area (Å²) in [6.07, 6.45) is 4.91. The molecule has 3 amide bonds. The molecule has 2 aromatic heterocycles. The first-order valence-corrected chi connectivity index (χ1v) is 19.2. The molecule has 8 rings (SSSR count). The van der Waals surface area contributed by atoms with Crippen molar-refractivity contribution in [2.75, 3.05) is 18.7 Å². The van der Waals surface area contributed by atoms with Crippen molar-refractivity contribution in [1.29, 1.82) is 0 Å². The quantitative estimate of drug-likeness (QED) is 0.120. The molecule has 0 saturated heterocycles. The normalized spacial score (nSPS) is 14.9. The molecule has 0 spiro atoms. The van der Waals surface area contributed by atoms with Gasteiger partial charge in [0, 0.05) is 35.3 Å². The van der Waals surface area contributed by atoms with E-state index in [1.807, 2.05) is 91.9 Å². The molecular formula is C44H44N8O5. The summed E-state index contributed by atoms with van der Waals surface area (Å²) in [5, 5.41) is 14.9. The Morgan fingerprint density at radius 1 is 0.930 bits per heavy atom. The van der Waals surface area contributed by atoms with Crippen LogP contribution >= 0.6 is 0 Å². The second-order valence-corrected chi connectivity index (χ2v) is 14.8. The fourth-order valence-electron chi connectivity index (χ4n) is 7.44. The Bertz CT molecular complexity index is 2420. The van der Waals surface area contributed by atoms with Crippen LogP contribution in [0.4, 0.5) is 5.69 Å². The molecule has 0 fully saturated rings. The topological polar surface area (TPSA) is 156 Å². The van der Waals surface area contributed by atoms with E-state index in [9.17, 15) is 14.4 Å². The molecule has 3 N–H and O–H groups in total. The number of fused-ring (bicyclic) bond motifs is 2. The van der Waals surface area contributed by atoms with E-state index in [1.54, 1.807) is 28.0 Å². The van der Waals surface area contributed by atoms with Crippen molar-refractivity contribution in [2.45, 2.75) is 58.7 Å². The SMILES string of the molecule is Cc1ccc(-c2cn(CCC(=O)N3CCc4ccccc4C3C(=O)NC(CC(C)C)c3ncc(-c4ccc5c(c4)OCO5)[nH]3)nn2)cc1C(=O)Nc1ccccc1. The van der Waals surface area contributed by atoms with Gasteiger partial charge in [-0.15, -0.1) is 5.10 Å². The minimum absolute atomic E-state index is 0.111. The lowest BCUT2D eigenvalue weighted by Gasteiger charge is -2.37. The van der Waals surface area contributed by atoms with Crippen LogP contribution in [0.5, 0.6) is 11.5 Å². The Balaban J connectivity index is 0.971. The fraction of sp³-hybridized carbons (Fsp3) is 0.273. The van der Waals surface area contributed by atoms with Crippen LogP contribution in [0.1, 0.15) is 71.6 Å². The summed E-state index contributed by atoms with van der Waals surface area (Å²) in [5.74, 6) is 1.60. The molecule has 2 aliphatic heterocycles. The van der Waals surface area contributed by atoms with Crippen molar-refractivity contribution in [2.24, 2.45) is 5.92 Å². The summed E-state index contributed by atoms with van der Waals surface area (Å²) >= 11 is 0. The van der Waals surface area contributed by atoms with Gasteiger partial charge in [-0.3, -0.25) is 19.1 Å². The summed E-state index contributed by atoms with van der Waals surface area (Å²) in [7, 11) is 0. The highest BCUT2D eigenvalue weighted by atomic mass is 16.7. The van der Waals surface area contributed by atoms with Gasteiger partial charge in [-0.25, -0.2) is 4.98 Å². The van der Waals surface area contributed by atoms with E-state index < -0.39 is 12.1 Å². The highest BCUT2D eigenvalue weighted by molar-refractivity contribution is 6.06. The number of anilines is 1. The number of hydrogen-bond donors (Lipinski definition) is 3. The maximum absolute atomic E-state index is 14.4. The van der Waals surface area contributed by atoms with Gasteiger partial charge in [0.2, 0.25) is 18.6 Å². The Morgan fingerprint density at radius 2 is 1.72 bits per heavy atom. The molecule has 0 bridgehead atoms. The Morgan fingerprint density at radius 3 is 2.56 bits per heavy atom. The van der Waals surface area contributed by atoms with Gasteiger partial charge in [0.1, 0.15) is 17.6 Å². The molecule has 0 saturated carbocycles. The predicted octanol–water partition coefficient (Wildman–Crippen LogP) is 7.04. The summed E-state index contributed by atoms with van der Waals surface area (Å²) < 4.78 is 12.7. The van der Waals surface area contributed by atoms with Crippen LogP contribution in [0, 0.1) is 12.8 Å². The van der Waals surface area contributed by atoms with Crippen LogP contribution in [0.25, 0.3) is 22.5 Å². The summed E-state index contributed by atoms with van der Waals surface area (Å²) in [6.45, 7) is 6.94. The Labute approximate surface area is 330 Å². The molecule has 2 aliphatic rings. The van der Waals surface area contributed by atoms with Crippen molar-refractivity contribution in [3.05, 3.63) is 131 Å². The Hall–Kier alpha value is -6.76. The molecule has 290 valence electrons. The largest absolute Gasteiger partial charge is 0.454 e. The molecule has 0 aliphatic carbocycles. The lowest BCUT2D eigenvalue weighted by atomic mass is 9.91. The minimum Gasteiger partial charge on any atom is -0.454 e. The average Bonchev–Trinajstić information content (AvgIpc) is 4.01. The van der Waals surface area contributed by atoms with Crippen LogP contribution in [0.15, 0.2) is 103 Å². The third-order valence-electron chi connectivity index (χ3n) is 10.4. The van der Waals surface area contributed by atoms with E-state index in [2.05, 4.69) is 39.8 Å². The van der Waals surface area contributed by atoms with Crippen LogP contribution in [-0.2, 0) is 22.6 Å². The molecule has 2 atom stereocenters. The van der Waals surface area contributed by atoms with Gasteiger partial charge >= 0.3 is 0 Å². The predicted molar refractivity (Wildman–Crippen MR) is 214 cm³/mol. The van der Waals surface area contributed by atoms with E-state index >= 15 is 0 Å². The number of aryl methyl sites for hydroxylation is 2. The average molecular weight is 765 g/mol. The van der Waals surface area contributed by atoms with E-state index in [1.165, 1.54) is 0 Å². The van der Waals surface area contributed by atoms with Crippen molar-refractivity contribution < 1.29 is 23.9 Å². The molecule has 4 heterocycles. The van der Waals surface area contributed by atoms with Gasteiger partial charge in [-0.05, 0) is 78.8 Å². The number of nitrogens with zero attached hydrogens (tertiary/aromatic N) is 5. The third-order valence-corrected chi connectivity index (χ3v) is 10.4. The lowest BCUT2D eigenvalue weighted by molar-refractivity contribution is -0.142. The molecular weight excluding hydrogens is 721 g/mol. The number of carbonyl (C=O) groups is 3. The molecule has 2 unspecified atom stereocenters. The van der Waals surface area contributed by atoms with Gasteiger partial charge in [-0.2, -0.15) is 0 Å². The zero-order chi connectivity index (χ0) is 39.5. The van der Waals surface area contributed by atoms with E-state index in [0.717, 1.165) is 33.5 Å². The number of nitrogens with one attached hydrogen (secondary N) is 3. The zero-order valence-electron chi connectivity index (χ0n) is 32.1. The molecule has 4 aromatic carbocycles. The molecule has 13 nitrogen and oxygen atoms in total. The zero-order valence-corrected chi connectivity index (χ0v) is 32.1. The fourth-order valence-corrected chi connectivity index (χ4v) is 7.44. The van der Waals surface area contributed by atoms with Crippen LogP contribution < -0.4 is 20.1 Å². The standard InChI is InChI=1S/C44H44N8O5/c1-27(2)21-35(42-45-24-36(47-42)31-15-16-38-39(23-31)57-26-56-38)48-44(55)41-33-12-8-7-9-29(33)17-20-52(41)40(53)18-19-51-25-37(49-50-51)30-14-13-28(3)34(22-30)43(54)46-32-10-5-4-6-11-32/h4-16,22-25,27,35,41H,17-21,26H2,1-3H3,(H,45,47)(H,46,54)(H,48,55). The minimum atomic E-state index is -0.820. The lowest BCUT2D eigenvalue weighted by Crippen LogP contribution is -2.48. The number of hydrogen-bond acceptors (Lipinski definition) is 8. The number of H-pyrrole nitrogens is 1. The number of aromatic nitrogens is 5. The number of rotatable bonds is 12. The van der Waals surface area contributed by atoms with Gasteiger partial charge in [0.15, 0.2) is 11.5 Å². The monoisotopic (exact) mass is 764 g/mol. The number of amides is 3. The third kappa shape index (κ3) is 8.13. The van der Waals surface area contributed by atoms with Gasteiger partial charge in [-0.1, -0.05) is 73.7 Å². The maximum Gasteiger partial charge on any atom is 0.255 e. The van der Waals surface area contributed by atoms with Crippen molar-refractivity contribution in [1.82, 2.24) is 35.2 Å². The molecule has 57 heavy (non-hydrogen) atoms. The van der Waals surface area contributed by atoms with Crippen LogP contribution in [0.3, 0.4) is 0 Å². The summed E-state index contributed by atoms with van der Waals surface area (Å²) in [5.41, 5.74) is 6.92. The van der Waals surface area contributed by atoms with Crippen molar-refractivity contribution in [3.8, 4) is 34.0 Å².